The lowest BCUT2D eigenvalue weighted by Crippen LogP contribution is -2.33. The number of thiophene rings is 1. The first-order chi connectivity index (χ1) is 14.5. The van der Waals surface area contributed by atoms with E-state index in [4.69, 9.17) is 4.98 Å². The van der Waals surface area contributed by atoms with E-state index in [1.807, 2.05) is 49.9 Å². The van der Waals surface area contributed by atoms with Crippen molar-refractivity contribution < 1.29 is 4.79 Å². The van der Waals surface area contributed by atoms with E-state index < -0.39 is 0 Å². The van der Waals surface area contributed by atoms with E-state index in [2.05, 4.69) is 0 Å². The van der Waals surface area contributed by atoms with Gasteiger partial charge in [-0.25, -0.2) is 4.98 Å². The average molecular weight is 442 g/mol. The lowest BCUT2D eigenvalue weighted by Gasteiger charge is -2.20. The van der Waals surface area contributed by atoms with Crippen LogP contribution in [-0.2, 0) is 4.79 Å². The number of carbonyl (C=O) groups excluding carboxylic acids is 1. The highest BCUT2D eigenvalue weighted by molar-refractivity contribution is 7.99. The second-order valence-corrected chi connectivity index (χ2v) is 10.1. The van der Waals surface area contributed by atoms with Crippen molar-refractivity contribution in [3.8, 4) is 5.69 Å². The number of hydrogen-bond acceptors (Lipinski definition) is 5. The van der Waals surface area contributed by atoms with Gasteiger partial charge < -0.3 is 4.90 Å². The molecule has 1 aromatic carbocycles. The molecule has 158 valence electrons. The third kappa shape index (κ3) is 4.18. The summed E-state index contributed by atoms with van der Waals surface area (Å²) >= 11 is 2.91. The zero-order valence-corrected chi connectivity index (χ0v) is 19.4. The molecular formula is C23H27N3O2S2. The number of likely N-dealkylation sites (tertiary alicyclic amines) is 1. The van der Waals surface area contributed by atoms with Crippen LogP contribution in [0.5, 0.6) is 0 Å². The molecular weight excluding hydrogens is 414 g/mol. The van der Waals surface area contributed by atoms with Crippen LogP contribution in [0.4, 0.5) is 0 Å². The Morgan fingerprint density at radius 1 is 1.13 bits per heavy atom. The van der Waals surface area contributed by atoms with Gasteiger partial charge in [-0.05, 0) is 56.9 Å². The predicted octanol–water partition coefficient (Wildman–Crippen LogP) is 4.87. The molecule has 1 amide bonds. The molecule has 0 unspecified atom stereocenters. The molecule has 1 saturated heterocycles. The van der Waals surface area contributed by atoms with Gasteiger partial charge in [-0.3, -0.25) is 14.2 Å². The van der Waals surface area contributed by atoms with Gasteiger partial charge in [0.05, 0.1) is 16.8 Å². The molecule has 0 saturated carbocycles. The molecule has 1 aliphatic rings. The standard InChI is InChI=1S/C23H27N3O2S2/c1-15-9-8-10-18(13-15)26-22(28)20-16(2)17(3)30-21(20)24-23(26)29-14-19(27)25-11-6-4-5-7-12-25/h8-10,13H,4-7,11-12,14H2,1-3H3. The maximum atomic E-state index is 13.5. The van der Waals surface area contributed by atoms with Crippen LogP contribution in [-0.4, -0.2) is 39.2 Å². The maximum absolute atomic E-state index is 13.5. The van der Waals surface area contributed by atoms with Crippen LogP contribution in [0.1, 0.15) is 41.7 Å². The summed E-state index contributed by atoms with van der Waals surface area (Å²) < 4.78 is 1.68. The fourth-order valence-corrected chi connectivity index (χ4v) is 5.89. The summed E-state index contributed by atoms with van der Waals surface area (Å²) in [6.07, 6.45) is 4.53. The third-order valence-electron chi connectivity index (χ3n) is 5.72. The molecule has 3 heterocycles. The van der Waals surface area contributed by atoms with Crippen molar-refractivity contribution in [3.63, 3.8) is 0 Å². The summed E-state index contributed by atoms with van der Waals surface area (Å²) in [5.74, 6) is 0.429. The highest BCUT2D eigenvalue weighted by atomic mass is 32.2. The minimum atomic E-state index is -0.0582. The Kier molecular flexibility index (Phi) is 6.29. The Hall–Kier alpha value is -2.12. The van der Waals surface area contributed by atoms with Crippen molar-refractivity contribution in [2.45, 2.75) is 51.6 Å². The first-order valence-electron chi connectivity index (χ1n) is 10.5. The minimum Gasteiger partial charge on any atom is -0.342 e. The first-order valence-corrected chi connectivity index (χ1v) is 12.3. The molecule has 30 heavy (non-hydrogen) atoms. The van der Waals surface area contributed by atoms with Gasteiger partial charge >= 0.3 is 0 Å². The molecule has 0 aliphatic carbocycles. The number of hydrogen-bond donors (Lipinski definition) is 0. The molecule has 2 aromatic heterocycles. The fraction of sp³-hybridized carbons (Fsp3) is 0.435. The molecule has 4 rings (SSSR count). The van der Waals surface area contributed by atoms with Crippen molar-refractivity contribution in [1.82, 2.24) is 14.5 Å². The molecule has 0 atom stereocenters. The van der Waals surface area contributed by atoms with Crippen molar-refractivity contribution in [1.29, 1.82) is 0 Å². The Balaban J connectivity index is 1.73. The van der Waals surface area contributed by atoms with Gasteiger partial charge in [0, 0.05) is 18.0 Å². The van der Waals surface area contributed by atoms with E-state index >= 15 is 0 Å². The van der Waals surface area contributed by atoms with Crippen LogP contribution in [0.25, 0.3) is 15.9 Å². The van der Waals surface area contributed by atoms with Crippen LogP contribution >= 0.6 is 23.1 Å². The van der Waals surface area contributed by atoms with Crippen LogP contribution < -0.4 is 5.56 Å². The SMILES string of the molecule is Cc1cccc(-n2c(SCC(=O)N3CCCCCC3)nc3sc(C)c(C)c3c2=O)c1. The number of carbonyl (C=O) groups is 1. The molecule has 0 spiro atoms. The van der Waals surface area contributed by atoms with E-state index in [9.17, 15) is 9.59 Å². The minimum absolute atomic E-state index is 0.0582. The van der Waals surface area contributed by atoms with Gasteiger partial charge in [0.15, 0.2) is 5.16 Å². The van der Waals surface area contributed by atoms with E-state index in [0.717, 1.165) is 52.5 Å². The Bertz CT molecular complexity index is 1140. The molecule has 0 bridgehead atoms. The zero-order valence-electron chi connectivity index (χ0n) is 17.7. The maximum Gasteiger partial charge on any atom is 0.267 e. The number of aryl methyl sites for hydroxylation is 3. The summed E-state index contributed by atoms with van der Waals surface area (Å²) in [7, 11) is 0. The summed E-state index contributed by atoms with van der Waals surface area (Å²) in [6.45, 7) is 7.68. The number of thioether (sulfide) groups is 1. The number of aromatic nitrogens is 2. The van der Waals surface area contributed by atoms with E-state index in [0.29, 0.717) is 16.3 Å². The van der Waals surface area contributed by atoms with Gasteiger partial charge in [-0.15, -0.1) is 11.3 Å². The summed E-state index contributed by atoms with van der Waals surface area (Å²) in [5.41, 5.74) is 2.81. The Labute approximate surface area is 185 Å². The second kappa shape index (κ2) is 8.94. The average Bonchev–Trinajstić information content (AvgIpc) is 2.90. The van der Waals surface area contributed by atoms with Crippen LogP contribution in [0.2, 0.25) is 0 Å². The Morgan fingerprint density at radius 2 is 1.87 bits per heavy atom. The lowest BCUT2D eigenvalue weighted by molar-refractivity contribution is -0.128. The van der Waals surface area contributed by atoms with Gasteiger partial charge in [0.2, 0.25) is 5.91 Å². The zero-order chi connectivity index (χ0) is 21.3. The molecule has 3 aromatic rings. The number of fused-ring (bicyclic) bond motifs is 1. The van der Waals surface area contributed by atoms with Crippen LogP contribution in [0.15, 0.2) is 34.2 Å². The summed E-state index contributed by atoms with van der Waals surface area (Å²) in [4.78, 5) is 35.0. The van der Waals surface area contributed by atoms with Gasteiger partial charge in [-0.1, -0.05) is 36.7 Å². The highest BCUT2D eigenvalue weighted by Crippen LogP contribution is 2.30. The van der Waals surface area contributed by atoms with Gasteiger partial charge in [-0.2, -0.15) is 0 Å². The van der Waals surface area contributed by atoms with Crippen molar-refractivity contribution in [3.05, 3.63) is 50.6 Å². The highest BCUT2D eigenvalue weighted by Gasteiger charge is 2.21. The number of rotatable bonds is 4. The summed E-state index contributed by atoms with van der Waals surface area (Å²) in [5, 5.41) is 1.27. The monoisotopic (exact) mass is 441 g/mol. The summed E-state index contributed by atoms with van der Waals surface area (Å²) in [6, 6.07) is 7.88. The van der Waals surface area contributed by atoms with Crippen molar-refractivity contribution in [2.75, 3.05) is 18.8 Å². The van der Waals surface area contributed by atoms with Gasteiger partial charge in [0.1, 0.15) is 4.83 Å². The predicted molar refractivity (Wildman–Crippen MR) is 125 cm³/mol. The molecule has 5 nitrogen and oxygen atoms in total. The lowest BCUT2D eigenvalue weighted by atomic mass is 10.2. The van der Waals surface area contributed by atoms with Crippen molar-refractivity contribution >= 4 is 39.2 Å². The number of benzene rings is 1. The Morgan fingerprint density at radius 3 is 2.57 bits per heavy atom. The first kappa shape index (κ1) is 21.1. The molecule has 0 radical (unpaired) electrons. The van der Waals surface area contributed by atoms with E-state index in [1.165, 1.54) is 24.6 Å². The van der Waals surface area contributed by atoms with E-state index in [-0.39, 0.29) is 11.5 Å². The van der Waals surface area contributed by atoms with Gasteiger partial charge in [0.25, 0.3) is 5.56 Å². The van der Waals surface area contributed by atoms with Crippen molar-refractivity contribution in [2.24, 2.45) is 0 Å². The van der Waals surface area contributed by atoms with E-state index in [1.54, 1.807) is 15.9 Å². The third-order valence-corrected chi connectivity index (χ3v) is 7.74. The molecule has 1 fully saturated rings. The number of amides is 1. The fourth-order valence-electron chi connectivity index (χ4n) is 3.90. The largest absolute Gasteiger partial charge is 0.342 e. The van der Waals surface area contributed by atoms with Crippen LogP contribution in [0.3, 0.4) is 0 Å². The second-order valence-electron chi connectivity index (χ2n) is 7.92. The molecule has 0 N–H and O–H groups in total. The topological polar surface area (TPSA) is 55.2 Å². The normalized spacial score (nSPS) is 14.8. The number of nitrogens with zero attached hydrogens (tertiary/aromatic N) is 3. The van der Waals surface area contributed by atoms with Crippen LogP contribution in [0, 0.1) is 20.8 Å². The molecule has 1 aliphatic heterocycles. The molecule has 7 heteroatoms. The smallest absolute Gasteiger partial charge is 0.267 e. The quantitative estimate of drug-likeness (QED) is 0.428.